The number of carbonyl (C=O) groups excluding carboxylic acids is 2. The quantitative estimate of drug-likeness (QED) is 0.411. The summed E-state index contributed by atoms with van der Waals surface area (Å²) in [6, 6.07) is 6.53. The number of benzene rings is 1. The highest BCUT2D eigenvalue weighted by Crippen LogP contribution is 2.64. The summed E-state index contributed by atoms with van der Waals surface area (Å²) in [5.41, 5.74) is 0.809. The van der Waals surface area contributed by atoms with Gasteiger partial charge in [0.25, 0.3) is 0 Å². The summed E-state index contributed by atoms with van der Waals surface area (Å²) in [4.78, 5) is 26.8. The number of hydrogen-bond acceptors (Lipinski definition) is 7. The van der Waals surface area contributed by atoms with Crippen molar-refractivity contribution in [2.45, 2.75) is 72.4 Å². The maximum Gasteiger partial charge on any atom is 0.328 e. The summed E-state index contributed by atoms with van der Waals surface area (Å²) in [5.74, 6) is 0.680. The Kier molecular flexibility index (Phi) is 6.90. The van der Waals surface area contributed by atoms with E-state index in [4.69, 9.17) is 4.74 Å². The van der Waals surface area contributed by atoms with Crippen LogP contribution in [0.2, 0.25) is 0 Å². The summed E-state index contributed by atoms with van der Waals surface area (Å²) in [7, 11) is 0. The predicted molar refractivity (Wildman–Crippen MR) is 145 cm³/mol. The van der Waals surface area contributed by atoms with Gasteiger partial charge in [0.05, 0.1) is 17.8 Å². The van der Waals surface area contributed by atoms with Crippen molar-refractivity contribution in [1.29, 1.82) is 5.26 Å². The summed E-state index contributed by atoms with van der Waals surface area (Å²) in [6.07, 6.45) is 7.40. The first-order valence-corrected chi connectivity index (χ1v) is 14.0. The lowest BCUT2D eigenvalue weighted by Crippen LogP contribution is -2.56. The van der Waals surface area contributed by atoms with Gasteiger partial charge in [-0.3, -0.25) is 9.59 Å². The number of ether oxygens (including phenoxy) is 1. The van der Waals surface area contributed by atoms with Crippen LogP contribution in [0.15, 0.2) is 37.1 Å². The number of aromatic nitrogens is 3. The first-order valence-electron chi connectivity index (χ1n) is 14.0. The molecule has 1 aromatic heterocycles. The van der Waals surface area contributed by atoms with Crippen molar-refractivity contribution in [3.05, 3.63) is 42.6 Å². The van der Waals surface area contributed by atoms with Crippen LogP contribution in [-0.4, -0.2) is 38.0 Å². The largest absolute Gasteiger partial charge is 0.507 e. The van der Waals surface area contributed by atoms with E-state index in [0.717, 1.165) is 19.3 Å². The van der Waals surface area contributed by atoms with E-state index in [1.807, 2.05) is 12.1 Å². The summed E-state index contributed by atoms with van der Waals surface area (Å²) >= 11 is 0. The van der Waals surface area contributed by atoms with Gasteiger partial charge in [-0.25, -0.2) is 4.68 Å². The van der Waals surface area contributed by atoms with E-state index in [0.29, 0.717) is 41.4 Å². The van der Waals surface area contributed by atoms with Crippen molar-refractivity contribution in [2.75, 3.05) is 0 Å². The molecule has 8 heteroatoms. The van der Waals surface area contributed by atoms with Gasteiger partial charge < -0.3 is 9.84 Å². The van der Waals surface area contributed by atoms with Crippen LogP contribution in [0.4, 0.5) is 0 Å². The zero-order valence-electron chi connectivity index (χ0n) is 23.3. The third-order valence-corrected chi connectivity index (χ3v) is 10.7. The molecule has 2 bridgehead atoms. The molecular formula is C31H38N4O4. The molecule has 8 atom stereocenters. The second-order valence-electron chi connectivity index (χ2n) is 12.4. The molecule has 3 fully saturated rings. The summed E-state index contributed by atoms with van der Waals surface area (Å²) in [5, 5.41) is 27.6. The van der Waals surface area contributed by atoms with Crippen molar-refractivity contribution in [3.63, 3.8) is 0 Å². The number of aromatic hydroxyl groups is 1. The fourth-order valence-electron chi connectivity index (χ4n) is 8.07. The van der Waals surface area contributed by atoms with E-state index < -0.39 is 12.1 Å². The zero-order chi connectivity index (χ0) is 28.1. The monoisotopic (exact) mass is 530 g/mol. The van der Waals surface area contributed by atoms with E-state index in [9.17, 15) is 20.0 Å². The number of rotatable bonds is 5. The van der Waals surface area contributed by atoms with Gasteiger partial charge in [-0.2, -0.15) is 5.26 Å². The van der Waals surface area contributed by atoms with Crippen molar-refractivity contribution < 1.29 is 19.4 Å². The number of allylic oxidation sites excluding steroid dienone is 1. The van der Waals surface area contributed by atoms with Gasteiger partial charge in [0.2, 0.25) is 0 Å². The normalized spacial score (nSPS) is 35.8. The molecule has 39 heavy (non-hydrogen) atoms. The molecule has 1 N–H and O–H groups in total. The number of Topliss-reactive ketones (excluding diaryl/α,β-unsaturated/α-hetero) is 1. The van der Waals surface area contributed by atoms with Gasteiger partial charge in [-0.1, -0.05) is 39.0 Å². The standard InChI is InChI=1S/C31H38N4O4/c1-6-30(5)14-26(28-18(2)9-11-31(20(4)19(30)3)12-10-25(37)29(28)31)39-27(38)17-35-16-23(33-34-35)22-13-21(15-32)7-8-24(22)36/h6-8,13,16,18-20,26,28-29,36H,1,9-12,14,17H2,2-5H3/t18?,19-,20?,26?,28?,29?,30+,31-/m0/s1. The average Bonchev–Trinajstić information content (AvgIpc) is 3.52. The SMILES string of the molecule is C=C[C@]1(C)CC(OC(=O)Cn2cc(-c3cc(C#N)ccc3O)nn2)C2C(C)CC[C@]3(CCC(=O)C23)C(C)[C@@H]1C. The lowest BCUT2D eigenvalue weighted by Gasteiger charge is -2.57. The molecule has 1 heterocycles. The number of esters is 1. The highest BCUT2D eigenvalue weighted by Gasteiger charge is 2.62. The van der Waals surface area contributed by atoms with Crippen LogP contribution in [0, 0.1) is 51.8 Å². The molecule has 0 saturated heterocycles. The molecule has 206 valence electrons. The molecule has 0 radical (unpaired) electrons. The summed E-state index contributed by atoms with van der Waals surface area (Å²) in [6.45, 7) is 13.0. The van der Waals surface area contributed by atoms with Crippen molar-refractivity contribution in [1.82, 2.24) is 15.0 Å². The Morgan fingerprint density at radius 1 is 1.31 bits per heavy atom. The number of nitrogens with zero attached hydrogens (tertiary/aromatic N) is 4. The number of nitriles is 1. The Hall–Kier alpha value is -3.47. The van der Waals surface area contributed by atoms with Crippen LogP contribution in [0.25, 0.3) is 11.3 Å². The molecule has 0 amide bonds. The van der Waals surface area contributed by atoms with Gasteiger partial charge in [-0.05, 0) is 72.5 Å². The fourth-order valence-corrected chi connectivity index (χ4v) is 8.07. The predicted octanol–water partition coefficient (Wildman–Crippen LogP) is 5.31. The maximum absolute atomic E-state index is 13.4. The van der Waals surface area contributed by atoms with Gasteiger partial charge in [-0.15, -0.1) is 11.7 Å². The average molecular weight is 531 g/mol. The van der Waals surface area contributed by atoms with Crippen molar-refractivity contribution in [3.8, 4) is 23.1 Å². The minimum Gasteiger partial charge on any atom is -0.507 e. The van der Waals surface area contributed by atoms with Crippen molar-refractivity contribution in [2.24, 2.45) is 40.4 Å². The van der Waals surface area contributed by atoms with Crippen LogP contribution in [-0.2, 0) is 20.9 Å². The maximum atomic E-state index is 13.4. The number of phenolic OH excluding ortho intramolecular Hbond substituents is 1. The van der Waals surface area contributed by atoms with E-state index in [1.165, 1.54) is 22.9 Å². The van der Waals surface area contributed by atoms with Crippen LogP contribution >= 0.6 is 0 Å². The number of ketones is 1. The van der Waals surface area contributed by atoms with Crippen LogP contribution < -0.4 is 0 Å². The molecule has 3 saturated carbocycles. The molecule has 0 spiro atoms. The third kappa shape index (κ3) is 4.46. The molecule has 2 aromatic rings. The van der Waals surface area contributed by atoms with Crippen LogP contribution in [0.5, 0.6) is 5.75 Å². The van der Waals surface area contributed by atoms with Crippen LogP contribution in [0.3, 0.4) is 0 Å². The van der Waals surface area contributed by atoms with E-state index >= 15 is 0 Å². The topological polar surface area (TPSA) is 118 Å². The first kappa shape index (κ1) is 27.1. The highest BCUT2D eigenvalue weighted by atomic mass is 16.5. The Morgan fingerprint density at radius 3 is 2.79 bits per heavy atom. The lowest BCUT2D eigenvalue weighted by molar-refractivity contribution is -0.174. The fraction of sp³-hybridized carbons (Fsp3) is 0.581. The Balaban J connectivity index is 1.42. The molecule has 5 unspecified atom stereocenters. The minimum absolute atomic E-state index is 0.0242. The highest BCUT2D eigenvalue weighted by molar-refractivity contribution is 5.85. The molecule has 0 aliphatic heterocycles. The van der Waals surface area contributed by atoms with Gasteiger partial charge in [0.1, 0.15) is 29.9 Å². The van der Waals surface area contributed by atoms with E-state index in [2.05, 4.69) is 44.6 Å². The molecule has 1 aromatic carbocycles. The minimum atomic E-state index is -0.437. The first-order chi connectivity index (χ1) is 18.5. The second-order valence-corrected chi connectivity index (χ2v) is 12.4. The Labute approximate surface area is 230 Å². The van der Waals surface area contributed by atoms with Gasteiger partial charge >= 0.3 is 5.97 Å². The third-order valence-electron chi connectivity index (χ3n) is 10.7. The molecule has 3 aliphatic rings. The number of carbonyl (C=O) groups is 2. The molecular weight excluding hydrogens is 492 g/mol. The lowest BCUT2D eigenvalue weighted by atomic mass is 9.47. The van der Waals surface area contributed by atoms with Crippen molar-refractivity contribution >= 4 is 11.8 Å². The van der Waals surface area contributed by atoms with E-state index in [-0.39, 0.29) is 46.8 Å². The van der Waals surface area contributed by atoms with Gasteiger partial charge in [0, 0.05) is 23.8 Å². The van der Waals surface area contributed by atoms with Crippen LogP contribution in [0.1, 0.15) is 65.4 Å². The second kappa shape index (κ2) is 9.93. The van der Waals surface area contributed by atoms with E-state index in [1.54, 1.807) is 6.20 Å². The Bertz CT molecular complexity index is 1340. The Morgan fingerprint density at radius 2 is 2.08 bits per heavy atom. The van der Waals surface area contributed by atoms with Gasteiger partial charge in [0.15, 0.2) is 0 Å². The molecule has 5 rings (SSSR count). The molecule has 3 aliphatic carbocycles. The zero-order valence-corrected chi connectivity index (χ0v) is 23.3. The number of hydrogen-bond donors (Lipinski definition) is 1. The summed E-state index contributed by atoms with van der Waals surface area (Å²) < 4.78 is 7.66. The number of phenols is 1. The molecule has 8 nitrogen and oxygen atoms in total. The smallest absolute Gasteiger partial charge is 0.328 e.